The molecule has 1 atom stereocenters. The van der Waals surface area contributed by atoms with Crippen LogP contribution in [0.5, 0.6) is 5.88 Å². The summed E-state index contributed by atoms with van der Waals surface area (Å²) in [5, 5.41) is 0. The molecule has 1 aromatic carbocycles. The van der Waals surface area contributed by atoms with Crippen molar-refractivity contribution in [2.75, 3.05) is 19.6 Å². The minimum Gasteiger partial charge on any atom is -0.472 e. The molecule has 1 unspecified atom stereocenters. The van der Waals surface area contributed by atoms with Crippen LogP contribution >= 0.6 is 0 Å². The highest BCUT2D eigenvalue weighted by Gasteiger charge is 2.35. The van der Waals surface area contributed by atoms with Crippen molar-refractivity contribution in [3.8, 4) is 5.88 Å². The second-order valence-electron chi connectivity index (χ2n) is 6.95. The molecule has 0 aliphatic carbocycles. The summed E-state index contributed by atoms with van der Waals surface area (Å²) in [6, 6.07) is 12.3. The van der Waals surface area contributed by atoms with Gasteiger partial charge in [0.15, 0.2) is 0 Å². The van der Waals surface area contributed by atoms with Crippen LogP contribution < -0.4 is 4.74 Å². The molecule has 4 rings (SSSR count). The fraction of sp³-hybridized carbons (Fsp3) is 0.333. The molecular weight excluding hydrogens is 358 g/mol. The quantitative estimate of drug-likeness (QED) is 0.719. The molecule has 28 heavy (non-hydrogen) atoms. The molecule has 3 heterocycles. The Kier molecular flexibility index (Phi) is 5.06. The molecule has 2 aliphatic rings. The number of carbonyl (C=O) groups excluding carboxylic acids is 3. The molecule has 0 N–H and O–H groups in total. The van der Waals surface area contributed by atoms with Crippen LogP contribution in [-0.2, 0) is 4.79 Å². The van der Waals surface area contributed by atoms with Gasteiger partial charge >= 0.3 is 0 Å². The lowest BCUT2D eigenvalue weighted by atomic mass is 10.1. The summed E-state index contributed by atoms with van der Waals surface area (Å²) in [5.41, 5.74) is 0.876. The first-order chi connectivity index (χ1) is 13.6. The zero-order valence-corrected chi connectivity index (χ0v) is 15.4. The van der Waals surface area contributed by atoms with Crippen LogP contribution in [0.15, 0.2) is 48.7 Å². The highest BCUT2D eigenvalue weighted by Crippen LogP contribution is 2.23. The van der Waals surface area contributed by atoms with Gasteiger partial charge in [-0.1, -0.05) is 18.2 Å². The standard InChI is InChI=1S/C21H21N3O4/c25-19(23-13-10-15(14-23)28-18-8-3-4-11-22-18)9-5-12-24-20(26)16-6-1-2-7-17(16)21(24)27/h1-4,6-8,11,15H,5,9-10,12-14H2. The van der Waals surface area contributed by atoms with E-state index >= 15 is 0 Å². The van der Waals surface area contributed by atoms with Crippen molar-refractivity contribution in [2.45, 2.75) is 25.4 Å². The molecule has 7 heteroatoms. The van der Waals surface area contributed by atoms with Gasteiger partial charge in [0.05, 0.1) is 17.7 Å². The third-order valence-corrected chi connectivity index (χ3v) is 5.07. The summed E-state index contributed by atoms with van der Waals surface area (Å²) < 4.78 is 5.80. The summed E-state index contributed by atoms with van der Waals surface area (Å²) in [5.74, 6) is 0.0206. The zero-order valence-electron chi connectivity index (χ0n) is 15.4. The average molecular weight is 379 g/mol. The number of benzene rings is 1. The third-order valence-electron chi connectivity index (χ3n) is 5.07. The fourth-order valence-corrected chi connectivity index (χ4v) is 3.63. The molecule has 2 aromatic rings. The van der Waals surface area contributed by atoms with Crippen molar-refractivity contribution in [2.24, 2.45) is 0 Å². The van der Waals surface area contributed by atoms with Gasteiger partial charge in [-0.25, -0.2) is 4.98 Å². The fourth-order valence-electron chi connectivity index (χ4n) is 3.63. The Morgan fingerprint density at radius 2 is 1.79 bits per heavy atom. The number of hydrogen-bond acceptors (Lipinski definition) is 5. The molecule has 0 radical (unpaired) electrons. The van der Waals surface area contributed by atoms with E-state index in [-0.39, 0.29) is 30.4 Å². The summed E-state index contributed by atoms with van der Waals surface area (Å²) in [4.78, 5) is 44.3. The van der Waals surface area contributed by atoms with Crippen LogP contribution in [0.3, 0.4) is 0 Å². The van der Waals surface area contributed by atoms with Crippen LogP contribution in [0.25, 0.3) is 0 Å². The summed E-state index contributed by atoms with van der Waals surface area (Å²) >= 11 is 0. The van der Waals surface area contributed by atoms with Crippen molar-refractivity contribution >= 4 is 17.7 Å². The van der Waals surface area contributed by atoms with Crippen molar-refractivity contribution in [3.05, 3.63) is 59.8 Å². The van der Waals surface area contributed by atoms with Gasteiger partial charge in [-0.3, -0.25) is 19.3 Å². The SMILES string of the molecule is O=C(CCCN1C(=O)c2ccccc2C1=O)N1CCC(Oc2ccccn2)C1. The third kappa shape index (κ3) is 3.60. The number of nitrogens with zero attached hydrogens (tertiary/aromatic N) is 3. The number of likely N-dealkylation sites (tertiary alicyclic amines) is 1. The van der Waals surface area contributed by atoms with E-state index in [4.69, 9.17) is 4.74 Å². The highest BCUT2D eigenvalue weighted by molar-refractivity contribution is 6.21. The van der Waals surface area contributed by atoms with Crippen LogP contribution in [0.2, 0.25) is 0 Å². The van der Waals surface area contributed by atoms with Gasteiger partial charge in [0.25, 0.3) is 11.8 Å². The number of amides is 3. The maximum atomic E-state index is 12.5. The number of aromatic nitrogens is 1. The number of fused-ring (bicyclic) bond motifs is 1. The van der Waals surface area contributed by atoms with E-state index in [2.05, 4.69) is 4.98 Å². The van der Waals surface area contributed by atoms with Gasteiger partial charge in [0.1, 0.15) is 6.10 Å². The van der Waals surface area contributed by atoms with Gasteiger partial charge in [-0.05, 0) is 24.6 Å². The first-order valence-corrected chi connectivity index (χ1v) is 9.44. The van der Waals surface area contributed by atoms with Crippen molar-refractivity contribution in [1.82, 2.24) is 14.8 Å². The molecule has 0 spiro atoms. The molecular formula is C21H21N3O4. The monoisotopic (exact) mass is 379 g/mol. The number of imide groups is 1. The zero-order chi connectivity index (χ0) is 19.5. The minimum absolute atomic E-state index is 0.0173. The highest BCUT2D eigenvalue weighted by atomic mass is 16.5. The van der Waals surface area contributed by atoms with E-state index in [1.54, 1.807) is 41.4 Å². The average Bonchev–Trinajstić information content (AvgIpc) is 3.28. The Morgan fingerprint density at radius 1 is 1.07 bits per heavy atom. The van der Waals surface area contributed by atoms with Crippen LogP contribution in [0.4, 0.5) is 0 Å². The lowest BCUT2D eigenvalue weighted by Gasteiger charge is -2.18. The van der Waals surface area contributed by atoms with E-state index in [1.807, 2.05) is 12.1 Å². The largest absolute Gasteiger partial charge is 0.472 e. The summed E-state index contributed by atoms with van der Waals surface area (Å²) in [6.07, 6.45) is 3.12. The molecule has 1 aromatic heterocycles. The molecule has 144 valence electrons. The van der Waals surface area contributed by atoms with E-state index < -0.39 is 0 Å². The molecule has 1 fully saturated rings. The number of rotatable bonds is 6. The van der Waals surface area contributed by atoms with Gasteiger partial charge in [-0.2, -0.15) is 0 Å². The first kappa shape index (κ1) is 18.2. The Bertz CT molecular complexity index is 865. The molecule has 1 saturated heterocycles. The Labute approximate surface area is 162 Å². The molecule has 3 amide bonds. The van der Waals surface area contributed by atoms with Gasteiger partial charge in [-0.15, -0.1) is 0 Å². The number of pyridine rings is 1. The van der Waals surface area contributed by atoms with Crippen LogP contribution in [0.1, 0.15) is 40.0 Å². The lowest BCUT2D eigenvalue weighted by molar-refractivity contribution is -0.130. The summed E-state index contributed by atoms with van der Waals surface area (Å²) in [7, 11) is 0. The maximum absolute atomic E-state index is 12.5. The topological polar surface area (TPSA) is 79.8 Å². The molecule has 2 aliphatic heterocycles. The lowest BCUT2D eigenvalue weighted by Crippen LogP contribution is -2.33. The second-order valence-corrected chi connectivity index (χ2v) is 6.95. The van der Waals surface area contributed by atoms with Crippen LogP contribution in [0, 0.1) is 0 Å². The molecule has 7 nitrogen and oxygen atoms in total. The van der Waals surface area contributed by atoms with Crippen molar-refractivity contribution in [3.63, 3.8) is 0 Å². The predicted octanol–water partition coefficient (Wildman–Crippen LogP) is 2.14. The van der Waals surface area contributed by atoms with E-state index in [0.717, 1.165) is 6.42 Å². The number of hydrogen-bond donors (Lipinski definition) is 0. The Morgan fingerprint density at radius 3 is 2.46 bits per heavy atom. The Hall–Kier alpha value is -3.22. The minimum atomic E-state index is -0.280. The van der Waals surface area contributed by atoms with Gasteiger partial charge < -0.3 is 9.64 Å². The van der Waals surface area contributed by atoms with Gasteiger partial charge in [0.2, 0.25) is 11.8 Å². The van der Waals surface area contributed by atoms with Crippen LogP contribution in [-0.4, -0.2) is 58.2 Å². The smallest absolute Gasteiger partial charge is 0.261 e. The molecule has 0 saturated carbocycles. The van der Waals surface area contributed by atoms with Crippen molar-refractivity contribution < 1.29 is 19.1 Å². The van der Waals surface area contributed by atoms with Gasteiger partial charge in [0, 0.05) is 38.2 Å². The van der Waals surface area contributed by atoms with E-state index in [0.29, 0.717) is 42.9 Å². The molecule has 0 bridgehead atoms. The predicted molar refractivity (Wildman–Crippen MR) is 101 cm³/mol. The maximum Gasteiger partial charge on any atom is 0.261 e. The van der Waals surface area contributed by atoms with Crippen molar-refractivity contribution in [1.29, 1.82) is 0 Å². The van der Waals surface area contributed by atoms with E-state index in [1.165, 1.54) is 4.90 Å². The number of ether oxygens (including phenoxy) is 1. The number of carbonyl (C=O) groups is 3. The normalized spacial score (nSPS) is 18.5. The Balaban J connectivity index is 1.24. The first-order valence-electron chi connectivity index (χ1n) is 9.44. The summed E-state index contributed by atoms with van der Waals surface area (Å²) in [6.45, 7) is 1.42. The van der Waals surface area contributed by atoms with E-state index in [9.17, 15) is 14.4 Å². The second kappa shape index (κ2) is 7.80.